The van der Waals surface area contributed by atoms with Gasteiger partial charge in [-0.15, -0.1) is 0 Å². The Balaban J connectivity index is 1.57. The minimum Gasteiger partial charge on any atom is -0.382 e. The first kappa shape index (κ1) is 22.5. The van der Waals surface area contributed by atoms with Crippen molar-refractivity contribution in [1.82, 2.24) is 19.3 Å². The Bertz CT molecular complexity index is 1560. The predicted molar refractivity (Wildman–Crippen MR) is 136 cm³/mol. The second kappa shape index (κ2) is 9.90. The van der Waals surface area contributed by atoms with Gasteiger partial charge in [-0.25, -0.2) is 4.98 Å². The van der Waals surface area contributed by atoms with Crippen LogP contribution in [0.5, 0.6) is 0 Å². The van der Waals surface area contributed by atoms with Crippen molar-refractivity contribution in [2.24, 2.45) is 0 Å². The average molecular weight is 468 g/mol. The number of aryl methyl sites for hydroxylation is 1. The van der Waals surface area contributed by atoms with Crippen LogP contribution in [0.4, 0.5) is 5.95 Å². The van der Waals surface area contributed by atoms with E-state index in [9.17, 15) is 9.59 Å². The summed E-state index contributed by atoms with van der Waals surface area (Å²) in [4.78, 5) is 31.4. The van der Waals surface area contributed by atoms with E-state index in [1.807, 2.05) is 54.0 Å². The van der Waals surface area contributed by atoms with Crippen molar-refractivity contribution >= 4 is 33.7 Å². The maximum absolute atomic E-state index is 13.6. The van der Waals surface area contributed by atoms with Gasteiger partial charge in [0.05, 0.1) is 22.1 Å². The summed E-state index contributed by atoms with van der Waals surface area (Å²) < 4.78 is 8.73. The van der Waals surface area contributed by atoms with Crippen LogP contribution in [0.15, 0.2) is 83.7 Å². The maximum atomic E-state index is 13.6. The number of aromatic nitrogens is 4. The Hall–Kier alpha value is -4.30. The Morgan fingerprint density at radius 1 is 0.943 bits per heavy atom. The third-order valence-electron chi connectivity index (χ3n) is 5.78. The van der Waals surface area contributed by atoms with E-state index in [0.717, 1.165) is 17.5 Å². The molecule has 3 aromatic carbocycles. The van der Waals surface area contributed by atoms with Gasteiger partial charge >= 0.3 is 0 Å². The number of fused-ring (bicyclic) bond motifs is 2. The lowest BCUT2D eigenvalue weighted by atomic mass is 10.1. The summed E-state index contributed by atoms with van der Waals surface area (Å²) in [6, 6.07) is 23.8. The second-order valence-electron chi connectivity index (χ2n) is 8.03. The average Bonchev–Trinajstić information content (AvgIpc) is 3.24. The third-order valence-corrected chi connectivity index (χ3v) is 5.78. The highest BCUT2D eigenvalue weighted by Crippen LogP contribution is 2.22. The van der Waals surface area contributed by atoms with Crippen molar-refractivity contribution in [3.63, 3.8) is 0 Å². The molecular formula is C27H25N5O3. The van der Waals surface area contributed by atoms with Gasteiger partial charge in [0.15, 0.2) is 5.69 Å². The number of carbonyl (C=O) groups excluding carboxylic acids is 1. The van der Waals surface area contributed by atoms with Crippen LogP contribution in [0.3, 0.4) is 0 Å². The van der Waals surface area contributed by atoms with Crippen molar-refractivity contribution in [3.8, 4) is 5.69 Å². The molecule has 0 saturated carbocycles. The summed E-state index contributed by atoms with van der Waals surface area (Å²) >= 11 is 0. The van der Waals surface area contributed by atoms with Crippen LogP contribution >= 0.6 is 0 Å². The standard InChI is InChI=1S/C27H25N5O3/c1-2-35-18-10-17-31-23-16-9-8-15-22(23)28-27(31)29-25(33)24-20-13-6-7-14-21(20)26(34)32(30-24)19-11-4-3-5-12-19/h3-9,11-16H,2,10,17-18H2,1H3,(H,28,29,33). The van der Waals surface area contributed by atoms with Gasteiger partial charge < -0.3 is 9.30 Å². The Morgan fingerprint density at radius 3 is 2.46 bits per heavy atom. The molecule has 0 spiro atoms. The Labute approximate surface area is 201 Å². The minimum atomic E-state index is -0.438. The van der Waals surface area contributed by atoms with Crippen molar-refractivity contribution in [2.45, 2.75) is 19.9 Å². The monoisotopic (exact) mass is 467 g/mol. The lowest BCUT2D eigenvalue weighted by molar-refractivity contribution is 0.102. The minimum absolute atomic E-state index is 0.150. The smallest absolute Gasteiger partial charge is 0.279 e. The van der Waals surface area contributed by atoms with E-state index < -0.39 is 5.91 Å². The zero-order valence-electron chi connectivity index (χ0n) is 19.3. The molecule has 0 unspecified atom stereocenters. The van der Waals surface area contributed by atoms with Crippen LogP contribution in [-0.4, -0.2) is 38.5 Å². The molecule has 0 atom stereocenters. The molecule has 5 aromatic rings. The summed E-state index contributed by atoms with van der Waals surface area (Å²) in [7, 11) is 0. The number of benzene rings is 3. The number of carbonyl (C=O) groups is 1. The van der Waals surface area contributed by atoms with E-state index in [4.69, 9.17) is 4.74 Å². The number of hydrogen-bond donors (Lipinski definition) is 1. The largest absolute Gasteiger partial charge is 0.382 e. The van der Waals surface area contributed by atoms with Crippen LogP contribution in [0.1, 0.15) is 23.8 Å². The molecule has 0 fully saturated rings. The molecule has 8 heteroatoms. The molecule has 0 aliphatic rings. The highest BCUT2D eigenvalue weighted by atomic mass is 16.5. The molecule has 5 rings (SSSR count). The number of nitrogens with zero attached hydrogens (tertiary/aromatic N) is 4. The fourth-order valence-electron chi connectivity index (χ4n) is 4.13. The lowest BCUT2D eigenvalue weighted by Gasteiger charge is -2.13. The molecule has 0 aliphatic carbocycles. The number of amides is 1. The molecular weight excluding hydrogens is 442 g/mol. The lowest BCUT2D eigenvalue weighted by Crippen LogP contribution is -2.27. The highest BCUT2D eigenvalue weighted by molar-refractivity contribution is 6.11. The van der Waals surface area contributed by atoms with Gasteiger partial charge in [-0.1, -0.05) is 48.5 Å². The van der Waals surface area contributed by atoms with Crippen molar-refractivity contribution in [3.05, 3.63) is 94.9 Å². The first-order chi connectivity index (χ1) is 17.2. The van der Waals surface area contributed by atoms with Crippen LogP contribution < -0.4 is 10.9 Å². The van der Waals surface area contributed by atoms with E-state index in [0.29, 0.717) is 42.2 Å². The molecule has 0 radical (unpaired) electrons. The number of ether oxygens (including phenoxy) is 1. The van der Waals surface area contributed by atoms with Gasteiger partial charge in [0.25, 0.3) is 11.5 Å². The van der Waals surface area contributed by atoms with E-state index in [1.165, 1.54) is 4.68 Å². The molecule has 0 saturated heterocycles. The Kier molecular flexibility index (Phi) is 6.36. The first-order valence-corrected chi connectivity index (χ1v) is 11.6. The fourth-order valence-corrected chi connectivity index (χ4v) is 4.13. The van der Waals surface area contributed by atoms with E-state index in [2.05, 4.69) is 15.4 Å². The summed E-state index contributed by atoms with van der Waals surface area (Å²) in [6.45, 7) is 3.87. The number of para-hydroxylation sites is 3. The molecule has 35 heavy (non-hydrogen) atoms. The second-order valence-corrected chi connectivity index (χ2v) is 8.03. The summed E-state index contributed by atoms with van der Waals surface area (Å²) in [5.74, 6) is -0.0108. The molecule has 0 aliphatic heterocycles. The topological polar surface area (TPSA) is 91.0 Å². The summed E-state index contributed by atoms with van der Waals surface area (Å²) in [6.07, 6.45) is 0.775. The molecule has 2 heterocycles. The predicted octanol–water partition coefficient (Wildman–Crippen LogP) is 4.41. The van der Waals surface area contributed by atoms with Crippen molar-refractivity contribution in [1.29, 1.82) is 0 Å². The van der Waals surface area contributed by atoms with Gasteiger partial charge in [-0.05, 0) is 43.7 Å². The van der Waals surface area contributed by atoms with Crippen molar-refractivity contribution in [2.75, 3.05) is 18.5 Å². The maximum Gasteiger partial charge on any atom is 0.279 e. The SMILES string of the molecule is CCOCCCn1c(NC(=O)c2nn(-c3ccccc3)c(=O)c3ccccc23)nc2ccccc21. The van der Waals surface area contributed by atoms with E-state index in [1.54, 1.807) is 36.4 Å². The molecule has 0 bridgehead atoms. The van der Waals surface area contributed by atoms with E-state index in [-0.39, 0.29) is 11.3 Å². The van der Waals surface area contributed by atoms with Crippen molar-refractivity contribution < 1.29 is 9.53 Å². The third kappa shape index (κ3) is 4.43. The van der Waals surface area contributed by atoms with Gasteiger partial charge in [0, 0.05) is 25.1 Å². The summed E-state index contributed by atoms with van der Waals surface area (Å²) in [5, 5.41) is 8.32. The molecule has 1 N–H and O–H groups in total. The number of nitrogens with one attached hydrogen (secondary N) is 1. The molecule has 8 nitrogen and oxygen atoms in total. The molecule has 1 amide bonds. The Morgan fingerprint density at radius 2 is 1.66 bits per heavy atom. The van der Waals surface area contributed by atoms with Gasteiger partial charge in [0.1, 0.15) is 0 Å². The number of rotatable bonds is 8. The molecule has 176 valence electrons. The highest BCUT2D eigenvalue weighted by Gasteiger charge is 2.20. The number of hydrogen-bond acceptors (Lipinski definition) is 5. The van der Waals surface area contributed by atoms with Crippen LogP contribution in [0.25, 0.3) is 27.5 Å². The number of imidazole rings is 1. The molecule has 2 aromatic heterocycles. The quantitative estimate of drug-likeness (QED) is 0.341. The van der Waals surface area contributed by atoms with Crippen LogP contribution in [-0.2, 0) is 11.3 Å². The summed E-state index contributed by atoms with van der Waals surface area (Å²) in [5.41, 5.74) is 2.15. The van der Waals surface area contributed by atoms with Crippen LogP contribution in [0.2, 0.25) is 0 Å². The van der Waals surface area contributed by atoms with E-state index >= 15 is 0 Å². The first-order valence-electron chi connectivity index (χ1n) is 11.6. The van der Waals surface area contributed by atoms with Gasteiger partial charge in [0.2, 0.25) is 5.95 Å². The van der Waals surface area contributed by atoms with Gasteiger partial charge in [-0.3, -0.25) is 14.9 Å². The zero-order valence-corrected chi connectivity index (χ0v) is 19.3. The number of anilines is 1. The normalized spacial score (nSPS) is 11.2. The fraction of sp³-hybridized carbons (Fsp3) is 0.185. The van der Waals surface area contributed by atoms with Crippen LogP contribution in [0, 0.1) is 0 Å². The van der Waals surface area contributed by atoms with Gasteiger partial charge in [-0.2, -0.15) is 9.78 Å². The zero-order chi connectivity index (χ0) is 24.2.